The van der Waals surface area contributed by atoms with Crippen molar-refractivity contribution in [2.45, 2.75) is 38.0 Å². The lowest BCUT2D eigenvalue weighted by molar-refractivity contribution is -0.121. The van der Waals surface area contributed by atoms with E-state index in [1.54, 1.807) is 43.3 Å². The number of aromatic nitrogens is 2. The van der Waals surface area contributed by atoms with Gasteiger partial charge >= 0.3 is 0 Å². The van der Waals surface area contributed by atoms with Crippen molar-refractivity contribution in [2.75, 3.05) is 6.26 Å². The number of aryl methyl sites for hydroxylation is 1. The van der Waals surface area contributed by atoms with Gasteiger partial charge in [-0.1, -0.05) is 31.2 Å². The molecule has 1 aromatic heterocycles. The van der Waals surface area contributed by atoms with E-state index in [2.05, 4.69) is 4.98 Å². The monoisotopic (exact) mass is 430 g/mol. The Morgan fingerprint density at radius 1 is 1.20 bits per heavy atom. The number of rotatable bonds is 7. The summed E-state index contributed by atoms with van der Waals surface area (Å²) in [5.41, 5.74) is 1.07. The molecule has 6 nitrogen and oxygen atoms in total. The molecule has 0 N–H and O–H groups in total. The second kappa shape index (κ2) is 8.10. The third-order valence-corrected chi connectivity index (χ3v) is 7.64. The number of sulfone groups is 1. The van der Waals surface area contributed by atoms with Crippen molar-refractivity contribution in [1.82, 2.24) is 9.55 Å². The van der Waals surface area contributed by atoms with E-state index in [4.69, 9.17) is 0 Å². The number of hydrogen-bond donors (Lipinski definition) is 0. The van der Waals surface area contributed by atoms with Gasteiger partial charge in [0.1, 0.15) is 10.6 Å². The molecule has 1 heterocycles. The highest BCUT2D eigenvalue weighted by Crippen LogP contribution is 2.26. The summed E-state index contributed by atoms with van der Waals surface area (Å²) >= 11 is 0. The molecule has 3 aromatic rings. The largest absolute Gasteiger partial charge is 0.299 e. The van der Waals surface area contributed by atoms with Crippen molar-refractivity contribution >= 4 is 26.5 Å². The fourth-order valence-corrected chi connectivity index (χ4v) is 4.44. The van der Waals surface area contributed by atoms with Crippen molar-refractivity contribution in [1.29, 1.82) is 0 Å². The molecule has 0 aliphatic heterocycles. The Labute approximate surface area is 174 Å². The number of halogens is 1. The highest BCUT2D eigenvalue weighted by molar-refractivity contribution is 7.92. The summed E-state index contributed by atoms with van der Waals surface area (Å²) in [6, 6.07) is 11.2. The number of ketones is 1. The summed E-state index contributed by atoms with van der Waals surface area (Å²) in [6.45, 7) is 3.04. The Balaban J connectivity index is 1.96. The molecule has 0 saturated carbocycles. The lowest BCUT2D eigenvalue weighted by Crippen LogP contribution is -2.44. The van der Waals surface area contributed by atoms with Crippen LogP contribution in [-0.2, 0) is 21.2 Å². The molecule has 0 radical (unpaired) electrons. The van der Waals surface area contributed by atoms with Crippen LogP contribution < -0.4 is 5.56 Å². The topological polar surface area (TPSA) is 86.1 Å². The molecule has 0 bridgehead atoms. The molecule has 0 aliphatic rings. The van der Waals surface area contributed by atoms with E-state index < -0.39 is 14.6 Å². The molecule has 0 saturated heterocycles. The first-order valence-electron chi connectivity index (χ1n) is 9.55. The minimum absolute atomic E-state index is 0.0289. The molecule has 0 amide bonds. The van der Waals surface area contributed by atoms with Crippen LogP contribution in [0.2, 0.25) is 0 Å². The molecule has 1 atom stereocenters. The fraction of sp³-hybridized carbons (Fsp3) is 0.318. The van der Waals surface area contributed by atoms with Crippen LogP contribution in [0.15, 0.2) is 53.6 Å². The van der Waals surface area contributed by atoms with Gasteiger partial charge in [-0.2, -0.15) is 0 Å². The van der Waals surface area contributed by atoms with E-state index in [9.17, 15) is 22.4 Å². The summed E-state index contributed by atoms with van der Waals surface area (Å²) in [5.74, 6) is -0.757. The van der Waals surface area contributed by atoms with Crippen LogP contribution in [-0.4, -0.2) is 34.8 Å². The lowest BCUT2D eigenvalue weighted by atomic mass is 9.99. The average molecular weight is 431 g/mol. The number of carbonyl (C=O) groups excluding carboxylic acids is 1. The maximum atomic E-state index is 14.1. The summed E-state index contributed by atoms with van der Waals surface area (Å²) < 4.78 is 38.2. The van der Waals surface area contributed by atoms with E-state index in [1.807, 2.05) is 0 Å². The minimum Gasteiger partial charge on any atom is -0.299 e. The van der Waals surface area contributed by atoms with E-state index in [0.717, 1.165) is 6.26 Å². The van der Waals surface area contributed by atoms with E-state index >= 15 is 0 Å². The standard InChI is InChI=1S/C22H23FN2O4S/c1-4-20(26)22(2,30(3,28)29)11-12-25-14-24-19-13-15(9-10-17(19)21(25)27)16-7-5-6-8-18(16)23/h5-10,13-14H,4,11-12H2,1-3H3/t22-/m1/s1. The van der Waals surface area contributed by atoms with Crippen LogP contribution in [0.25, 0.3) is 22.0 Å². The molecule has 0 spiro atoms. The number of hydrogen-bond acceptors (Lipinski definition) is 5. The highest BCUT2D eigenvalue weighted by Gasteiger charge is 2.41. The first-order valence-corrected chi connectivity index (χ1v) is 11.4. The smallest absolute Gasteiger partial charge is 0.261 e. The Morgan fingerprint density at radius 3 is 2.53 bits per heavy atom. The number of fused-ring (bicyclic) bond motifs is 1. The third kappa shape index (κ3) is 3.92. The van der Waals surface area contributed by atoms with Gasteiger partial charge in [0.15, 0.2) is 15.6 Å². The van der Waals surface area contributed by atoms with Gasteiger partial charge in [-0.15, -0.1) is 0 Å². The van der Waals surface area contributed by atoms with Gasteiger partial charge in [0.2, 0.25) is 0 Å². The molecule has 8 heteroatoms. The van der Waals surface area contributed by atoms with Gasteiger partial charge in [0.05, 0.1) is 17.2 Å². The highest BCUT2D eigenvalue weighted by atomic mass is 32.2. The van der Waals surface area contributed by atoms with Crippen LogP contribution in [0.3, 0.4) is 0 Å². The molecular weight excluding hydrogens is 407 g/mol. The summed E-state index contributed by atoms with van der Waals surface area (Å²) in [7, 11) is -3.66. The van der Waals surface area contributed by atoms with Crippen molar-refractivity contribution < 1.29 is 17.6 Å². The average Bonchev–Trinajstić information content (AvgIpc) is 2.71. The maximum Gasteiger partial charge on any atom is 0.261 e. The van der Waals surface area contributed by atoms with Gasteiger partial charge < -0.3 is 0 Å². The van der Waals surface area contributed by atoms with E-state index in [-0.39, 0.29) is 36.5 Å². The van der Waals surface area contributed by atoms with Crippen LogP contribution in [0.4, 0.5) is 4.39 Å². The van der Waals surface area contributed by atoms with Crippen molar-refractivity contribution in [2.24, 2.45) is 0 Å². The van der Waals surface area contributed by atoms with Gasteiger partial charge in [0, 0.05) is 24.8 Å². The summed E-state index contributed by atoms with van der Waals surface area (Å²) in [5, 5.41) is 0.334. The molecule has 0 unspecified atom stereocenters. The van der Waals surface area contributed by atoms with Gasteiger partial charge in [-0.3, -0.25) is 14.2 Å². The van der Waals surface area contributed by atoms with Gasteiger partial charge in [-0.25, -0.2) is 17.8 Å². The number of benzene rings is 2. The molecular formula is C22H23FN2O4S. The van der Waals surface area contributed by atoms with Crippen LogP contribution in [0.5, 0.6) is 0 Å². The minimum atomic E-state index is -3.66. The zero-order chi connectivity index (χ0) is 22.1. The first-order chi connectivity index (χ1) is 14.1. The first kappa shape index (κ1) is 21.8. The van der Waals surface area contributed by atoms with Crippen molar-refractivity contribution in [3.05, 3.63) is 65.0 Å². The van der Waals surface area contributed by atoms with E-state index in [0.29, 0.717) is 22.0 Å². The Bertz CT molecular complexity index is 1280. The maximum absolute atomic E-state index is 14.1. The Hall–Kier alpha value is -2.87. The second-order valence-corrected chi connectivity index (χ2v) is 9.93. The number of Topliss-reactive ketones (excluding diaryl/α,β-unsaturated/α-hetero) is 1. The van der Waals surface area contributed by atoms with Gasteiger partial charge in [0.25, 0.3) is 5.56 Å². The van der Waals surface area contributed by atoms with Gasteiger partial charge in [-0.05, 0) is 37.1 Å². The quantitative estimate of drug-likeness (QED) is 0.574. The van der Waals surface area contributed by atoms with Crippen LogP contribution >= 0.6 is 0 Å². The number of carbonyl (C=O) groups is 1. The fourth-order valence-electron chi connectivity index (χ4n) is 3.42. The van der Waals surface area contributed by atoms with E-state index in [1.165, 1.54) is 23.9 Å². The summed E-state index contributed by atoms with van der Waals surface area (Å²) in [4.78, 5) is 29.4. The second-order valence-electron chi connectivity index (χ2n) is 7.48. The Kier molecular flexibility index (Phi) is 5.90. The van der Waals surface area contributed by atoms with Crippen molar-refractivity contribution in [3.63, 3.8) is 0 Å². The van der Waals surface area contributed by atoms with Crippen LogP contribution in [0, 0.1) is 5.82 Å². The SMILES string of the molecule is CCC(=O)[C@@](C)(CCn1cnc2cc(-c3ccccc3F)ccc2c1=O)S(C)(=O)=O. The molecule has 158 valence electrons. The zero-order valence-electron chi connectivity index (χ0n) is 17.1. The zero-order valence-corrected chi connectivity index (χ0v) is 17.9. The third-order valence-electron chi connectivity index (χ3n) is 5.57. The molecule has 3 rings (SSSR count). The predicted molar refractivity (Wildman–Crippen MR) is 115 cm³/mol. The lowest BCUT2D eigenvalue weighted by Gasteiger charge is -2.26. The number of nitrogens with zero attached hydrogens (tertiary/aromatic N) is 2. The molecule has 2 aromatic carbocycles. The molecule has 30 heavy (non-hydrogen) atoms. The molecule has 0 aliphatic carbocycles. The molecule has 0 fully saturated rings. The van der Waals surface area contributed by atoms with Crippen molar-refractivity contribution in [3.8, 4) is 11.1 Å². The summed E-state index contributed by atoms with van der Waals surface area (Å²) in [6.07, 6.45) is 2.42. The van der Waals surface area contributed by atoms with Crippen LogP contribution in [0.1, 0.15) is 26.7 Å². The Morgan fingerprint density at radius 2 is 1.90 bits per heavy atom. The predicted octanol–water partition coefficient (Wildman–Crippen LogP) is 3.38. The normalized spacial score (nSPS) is 13.9.